The smallest absolute Gasteiger partial charge is 0.225 e. The molecular formula is C4H4NOS. The van der Waals surface area contributed by atoms with Crippen molar-refractivity contribution in [2.45, 2.75) is 0 Å². The van der Waals surface area contributed by atoms with Crippen LogP contribution in [0.3, 0.4) is 0 Å². The maximum absolute atomic E-state index is 4.72. The van der Waals surface area contributed by atoms with Crippen LogP contribution in [-0.4, -0.2) is 11.5 Å². The molecule has 0 aliphatic rings. The van der Waals surface area contributed by atoms with Crippen molar-refractivity contribution in [1.29, 1.82) is 0 Å². The number of nitrogens with zero attached hydrogens (tertiary/aromatic N) is 1. The molecule has 0 saturated carbocycles. The minimum atomic E-state index is 0.644. The number of rotatable bonds is 1. The Labute approximate surface area is 45.9 Å². The van der Waals surface area contributed by atoms with Gasteiger partial charge in [-0.25, -0.2) is 0 Å². The minimum absolute atomic E-state index is 0.644. The second kappa shape index (κ2) is 1.93. The number of methoxy groups -OCH3 is 1. The van der Waals surface area contributed by atoms with E-state index in [2.05, 4.69) is 9.75 Å². The molecule has 0 fully saturated rings. The summed E-state index contributed by atoms with van der Waals surface area (Å²) in [6.45, 7) is 0. The van der Waals surface area contributed by atoms with Crippen molar-refractivity contribution < 1.29 is 4.74 Å². The molecule has 37 valence electrons. The van der Waals surface area contributed by atoms with Crippen LogP contribution in [0.25, 0.3) is 0 Å². The highest BCUT2D eigenvalue weighted by Gasteiger charge is 1.86. The van der Waals surface area contributed by atoms with E-state index in [0.29, 0.717) is 5.88 Å². The zero-order valence-electron chi connectivity index (χ0n) is 3.84. The average Bonchev–Trinajstić information content (AvgIpc) is 2.14. The van der Waals surface area contributed by atoms with Gasteiger partial charge in [0, 0.05) is 6.07 Å². The van der Waals surface area contributed by atoms with Gasteiger partial charge in [0.15, 0.2) is 0 Å². The van der Waals surface area contributed by atoms with E-state index in [1.54, 1.807) is 13.2 Å². The van der Waals surface area contributed by atoms with Crippen LogP contribution in [0.15, 0.2) is 6.07 Å². The summed E-state index contributed by atoms with van der Waals surface area (Å²) in [4.78, 5) is 0. The quantitative estimate of drug-likeness (QED) is 0.542. The summed E-state index contributed by atoms with van der Waals surface area (Å²) >= 11 is 1.26. The Kier molecular flexibility index (Phi) is 1.26. The highest BCUT2D eigenvalue weighted by atomic mass is 32.1. The maximum atomic E-state index is 4.72. The van der Waals surface area contributed by atoms with Crippen molar-refractivity contribution in [3.8, 4) is 5.88 Å². The van der Waals surface area contributed by atoms with Crippen LogP contribution in [0.1, 0.15) is 0 Å². The van der Waals surface area contributed by atoms with E-state index in [4.69, 9.17) is 4.74 Å². The lowest BCUT2D eigenvalue weighted by Gasteiger charge is -1.84. The Balaban J connectivity index is 2.76. The molecule has 1 aromatic heterocycles. The SMILES string of the molecule is COc1c[c]sn1. The van der Waals surface area contributed by atoms with Crippen LogP contribution in [-0.2, 0) is 0 Å². The number of aromatic nitrogens is 1. The van der Waals surface area contributed by atoms with Crippen LogP contribution in [0.5, 0.6) is 5.88 Å². The summed E-state index contributed by atoms with van der Waals surface area (Å²) < 4.78 is 8.52. The molecule has 3 heteroatoms. The number of ether oxygens (including phenoxy) is 1. The molecule has 1 heterocycles. The minimum Gasteiger partial charge on any atom is -0.480 e. The van der Waals surface area contributed by atoms with Gasteiger partial charge < -0.3 is 4.74 Å². The second-order valence-electron chi connectivity index (χ2n) is 0.987. The highest BCUT2D eigenvalue weighted by Crippen LogP contribution is 2.05. The summed E-state index contributed by atoms with van der Waals surface area (Å²) in [7, 11) is 1.59. The third-order valence-electron chi connectivity index (χ3n) is 0.580. The maximum Gasteiger partial charge on any atom is 0.225 e. The predicted octanol–water partition coefficient (Wildman–Crippen LogP) is 0.952. The van der Waals surface area contributed by atoms with E-state index in [-0.39, 0.29) is 0 Å². The van der Waals surface area contributed by atoms with E-state index >= 15 is 0 Å². The summed E-state index contributed by atoms with van der Waals surface area (Å²) in [5.41, 5.74) is 0. The van der Waals surface area contributed by atoms with Crippen LogP contribution in [0.4, 0.5) is 0 Å². The molecular weight excluding hydrogens is 110 g/mol. The summed E-state index contributed by atoms with van der Waals surface area (Å²) in [5.74, 6) is 0.644. The van der Waals surface area contributed by atoms with E-state index < -0.39 is 0 Å². The van der Waals surface area contributed by atoms with Gasteiger partial charge in [0.25, 0.3) is 0 Å². The molecule has 1 aromatic rings. The van der Waals surface area contributed by atoms with Crippen molar-refractivity contribution in [2.24, 2.45) is 0 Å². The van der Waals surface area contributed by atoms with Gasteiger partial charge in [-0.05, 0) is 11.5 Å². The molecule has 0 bridgehead atoms. The topological polar surface area (TPSA) is 22.1 Å². The first kappa shape index (κ1) is 4.59. The molecule has 0 aliphatic carbocycles. The Bertz CT molecular complexity index is 126. The first-order valence-corrected chi connectivity index (χ1v) is 2.57. The Morgan fingerprint density at radius 1 is 2.00 bits per heavy atom. The van der Waals surface area contributed by atoms with Gasteiger partial charge in [0.2, 0.25) is 5.88 Å². The van der Waals surface area contributed by atoms with Gasteiger partial charge in [-0.1, -0.05) is 0 Å². The third-order valence-corrected chi connectivity index (χ3v) is 1.07. The summed E-state index contributed by atoms with van der Waals surface area (Å²) in [5, 5.41) is 2.79. The zero-order valence-corrected chi connectivity index (χ0v) is 4.66. The Morgan fingerprint density at radius 3 is 3.14 bits per heavy atom. The van der Waals surface area contributed by atoms with Gasteiger partial charge in [-0.3, -0.25) is 0 Å². The van der Waals surface area contributed by atoms with E-state index in [1.165, 1.54) is 11.5 Å². The summed E-state index contributed by atoms with van der Waals surface area (Å²) in [6, 6.07) is 1.70. The molecule has 1 radical (unpaired) electrons. The fraction of sp³-hybridized carbons (Fsp3) is 0.250. The standard InChI is InChI=1S/C4H4NOS/c1-6-4-2-3-7-5-4/h2H,1H3. The van der Waals surface area contributed by atoms with E-state index in [9.17, 15) is 0 Å². The molecule has 2 nitrogen and oxygen atoms in total. The zero-order chi connectivity index (χ0) is 5.11. The molecule has 7 heavy (non-hydrogen) atoms. The highest BCUT2D eigenvalue weighted by molar-refractivity contribution is 7.03. The van der Waals surface area contributed by atoms with Crippen LogP contribution in [0.2, 0.25) is 0 Å². The normalized spacial score (nSPS) is 8.71. The Morgan fingerprint density at radius 2 is 2.86 bits per heavy atom. The molecule has 0 aromatic carbocycles. The van der Waals surface area contributed by atoms with Gasteiger partial charge in [-0.15, -0.1) is 0 Å². The van der Waals surface area contributed by atoms with Crippen molar-refractivity contribution in [1.82, 2.24) is 4.37 Å². The average molecular weight is 114 g/mol. The number of hydrogen-bond donors (Lipinski definition) is 0. The van der Waals surface area contributed by atoms with Gasteiger partial charge in [-0.2, -0.15) is 4.37 Å². The van der Waals surface area contributed by atoms with E-state index in [0.717, 1.165) is 0 Å². The lowest BCUT2D eigenvalue weighted by atomic mass is 10.7. The second-order valence-corrected chi connectivity index (χ2v) is 1.59. The van der Waals surface area contributed by atoms with Crippen molar-refractivity contribution in [2.75, 3.05) is 7.11 Å². The molecule has 1 rings (SSSR count). The summed E-state index contributed by atoms with van der Waals surface area (Å²) in [6.07, 6.45) is 0. The molecule has 0 amide bonds. The molecule has 0 N–H and O–H groups in total. The van der Waals surface area contributed by atoms with Crippen LogP contribution in [0, 0.1) is 5.38 Å². The number of hydrogen-bond acceptors (Lipinski definition) is 3. The third kappa shape index (κ3) is 0.899. The molecule has 0 atom stereocenters. The lowest BCUT2D eigenvalue weighted by Crippen LogP contribution is -1.78. The fourth-order valence-electron chi connectivity index (χ4n) is 0.271. The Hall–Kier alpha value is -0.570. The molecule has 0 aliphatic heterocycles. The lowest BCUT2D eigenvalue weighted by molar-refractivity contribution is 0.402. The first-order chi connectivity index (χ1) is 3.43. The van der Waals surface area contributed by atoms with E-state index in [1.807, 2.05) is 0 Å². The molecule has 0 unspecified atom stereocenters. The van der Waals surface area contributed by atoms with Crippen molar-refractivity contribution in [3.05, 3.63) is 11.4 Å². The molecule has 0 saturated heterocycles. The van der Waals surface area contributed by atoms with Gasteiger partial charge >= 0.3 is 0 Å². The first-order valence-electron chi connectivity index (χ1n) is 1.80. The predicted molar refractivity (Wildman–Crippen MR) is 27.5 cm³/mol. The van der Waals surface area contributed by atoms with Crippen LogP contribution < -0.4 is 4.74 Å². The molecule has 0 spiro atoms. The fourth-order valence-corrected chi connectivity index (χ4v) is 0.694. The van der Waals surface area contributed by atoms with Crippen molar-refractivity contribution in [3.63, 3.8) is 0 Å². The van der Waals surface area contributed by atoms with Gasteiger partial charge in [0.05, 0.1) is 12.5 Å². The van der Waals surface area contributed by atoms with Gasteiger partial charge in [0.1, 0.15) is 0 Å². The monoisotopic (exact) mass is 114 g/mol. The van der Waals surface area contributed by atoms with Crippen LogP contribution >= 0.6 is 11.5 Å². The van der Waals surface area contributed by atoms with Crippen molar-refractivity contribution >= 4 is 11.5 Å². The largest absolute Gasteiger partial charge is 0.480 e.